The number of nitrogens with zero attached hydrogens (tertiary/aromatic N) is 1. The molecule has 4 aromatic carbocycles. The summed E-state index contributed by atoms with van der Waals surface area (Å²) >= 11 is 0.813. The van der Waals surface area contributed by atoms with Crippen LogP contribution in [0.4, 0.5) is 10.5 Å². The Labute approximate surface area is 224 Å². The minimum absolute atomic E-state index is 0.261. The van der Waals surface area contributed by atoms with Crippen molar-refractivity contribution in [3.63, 3.8) is 0 Å². The number of amides is 3. The third kappa shape index (κ3) is 5.71. The first-order valence-corrected chi connectivity index (χ1v) is 12.7. The minimum atomic E-state index is -0.499. The maximum atomic E-state index is 12.8. The first-order chi connectivity index (χ1) is 18.5. The molecule has 0 unspecified atom stereocenters. The van der Waals surface area contributed by atoms with Crippen LogP contribution in [0.25, 0.3) is 16.8 Å². The second-order valence-electron chi connectivity index (χ2n) is 8.54. The van der Waals surface area contributed by atoms with Crippen LogP contribution >= 0.6 is 11.8 Å². The van der Waals surface area contributed by atoms with Crippen LogP contribution in [-0.4, -0.2) is 35.6 Å². The molecule has 3 amide bonds. The Hall–Kier alpha value is -4.56. The molecule has 38 heavy (non-hydrogen) atoms. The second-order valence-corrected chi connectivity index (χ2v) is 9.53. The Bertz CT molecular complexity index is 1530. The third-order valence-electron chi connectivity index (χ3n) is 6.00. The van der Waals surface area contributed by atoms with Crippen molar-refractivity contribution < 1.29 is 23.9 Å². The lowest BCUT2D eigenvalue weighted by atomic mass is 10.1. The molecule has 1 saturated heterocycles. The van der Waals surface area contributed by atoms with Crippen molar-refractivity contribution in [2.75, 3.05) is 19.0 Å². The van der Waals surface area contributed by atoms with Crippen molar-refractivity contribution in [3.05, 3.63) is 107 Å². The highest BCUT2D eigenvalue weighted by atomic mass is 32.2. The van der Waals surface area contributed by atoms with E-state index in [4.69, 9.17) is 9.47 Å². The first kappa shape index (κ1) is 25.1. The summed E-state index contributed by atoms with van der Waals surface area (Å²) in [6, 6.07) is 28.4. The predicted molar refractivity (Wildman–Crippen MR) is 149 cm³/mol. The van der Waals surface area contributed by atoms with Crippen LogP contribution in [0.2, 0.25) is 0 Å². The van der Waals surface area contributed by atoms with E-state index in [-0.39, 0.29) is 11.4 Å². The summed E-state index contributed by atoms with van der Waals surface area (Å²) in [6.07, 6.45) is 1.64. The van der Waals surface area contributed by atoms with Gasteiger partial charge in [-0.2, -0.15) is 0 Å². The average molecular weight is 525 g/mol. The fraction of sp³-hybridized carbons (Fsp3) is 0.100. The van der Waals surface area contributed by atoms with Gasteiger partial charge in [-0.3, -0.25) is 19.3 Å². The van der Waals surface area contributed by atoms with E-state index in [0.29, 0.717) is 23.8 Å². The predicted octanol–water partition coefficient (Wildman–Crippen LogP) is 6.10. The van der Waals surface area contributed by atoms with E-state index in [2.05, 4.69) is 23.5 Å². The Balaban J connectivity index is 1.19. The lowest BCUT2D eigenvalue weighted by molar-refractivity contribution is -0.127. The van der Waals surface area contributed by atoms with Crippen molar-refractivity contribution in [3.8, 4) is 11.5 Å². The number of methoxy groups -OCH3 is 1. The molecule has 0 spiro atoms. The van der Waals surface area contributed by atoms with Crippen LogP contribution in [0.1, 0.15) is 11.1 Å². The largest absolute Gasteiger partial charge is 0.497 e. The smallest absolute Gasteiger partial charge is 0.294 e. The number of hydrogen-bond donors (Lipinski definition) is 1. The van der Waals surface area contributed by atoms with Crippen molar-refractivity contribution in [2.24, 2.45) is 0 Å². The number of carbonyl (C=O) groups is 3. The van der Waals surface area contributed by atoms with Gasteiger partial charge in [0.05, 0.1) is 12.0 Å². The topological polar surface area (TPSA) is 84.9 Å². The number of thioether (sulfide) groups is 1. The van der Waals surface area contributed by atoms with Crippen LogP contribution < -0.4 is 14.8 Å². The molecule has 7 nitrogen and oxygen atoms in total. The standard InChI is InChI=1S/C30H24N2O5S/c1-36-24-15-11-23(12-16-24)31-28(33)18-32-29(34)27(38-30(32)35)17-20-9-13-25(14-10-20)37-19-22-7-4-6-21-5-2-3-8-26(21)22/h2-17H,18-19H2,1H3,(H,31,33)/b27-17+. The van der Waals surface area contributed by atoms with E-state index < -0.39 is 17.1 Å². The average Bonchev–Trinajstić information content (AvgIpc) is 3.20. The minimum Gasteiger partial charge on any atom is -0.497 e. The monoisotopic (exact) mass is 524 g/mol. The summed E-state index contributed by atoms with van der Waals surface area (Å²) in [4.78, 5) is 38.9. The summed E-state index contributed by atoms with van der Waals surface area (Å²) < 4.78 is 11.1. The van der Waals surface area contributed by atoms with E-state index >= 15 is 0 Å². The summed E-state index contributed by atoms with van der Waals surface area (Å²) in [5.74, 6) is 0.384. The van der Waals surface area contributed by atoms with Gasteiger partial charge in [-0.1, -0.05) is 54.6 Å². The van der Waals surface area contributed by atoms with Gasteiger partial charge in [0.25, 0.3) is 11.1 Å². The van der Waals surface area contributed by atoms with Crippen LogP contribution in [0.3, 0.4) is 0 Å². The van der Waals surface area contributed by atoms with Gasteiger partial charge < -0.3 is 14.8 Å². The molecule has 1 heterocycles. The molecular formula is C30H24N2O5S. The molecule has 1 N–H and O–H groups in total. The van der Waals surface area contributed by atoms with Gasteiger partial charge in [-0.05, 0) is 76.1 Å². The molecule has 0 aliphatic carbocycles. The summed E-state index contributed by atoms with van der Waals surface area (Å²) in [7, 11) is 1.55. The molecule has 190 valence electrons. The fourth-order valence-corrected chi connectivity index (χ4v) is 4.88. The van der Waals surface area contributed by atoms with Crippen molar-refractivity contribution in [2.45, 2.75) is 6.61 Å². The number of rotatable bonds is 8. The molecule has 1 aliphatic heterocycles. The Morgan fingerprint density at radius 1 is 0.895 bits per heavy atom. The van der Waals surface area contributed by atoms with Crippen LogP contribution in [0.15, 0.2) is 95.9 Å². The van der Waals surface area contributed by atoms with E-state index in [9.17, 15) is 14.4 Å². The summed E-state index contributed by atoms with van der Waals surface area (Å²) in [6.45, 7) is 0.0627. The highest BCUT2D eigenvalue weighted by Crippen LogP contribution is 2.32. The van der Waals surface area contributed by atoms with Gasteiger partial charge in [0.2, 0.25) is 5.91 Å². The molecule has 0 atom stereocenters. The molecule has 5 rings (SSSR count). The van der Waals surface area contributed by atoms with Gasteiger partial charge in [0.1, 0.15) is 24.7 Å². The number of fused-ring (bicyclic) bond motifs is 1. The lowest BCUT2D eigenvalue weighted by Crippen LogP contribution is -2.36. The van der Waals surface area contributed by atoms with Crippen LogP contribution in [0, 0.1) is 0 Å². The van der Waals surface area contributed by atoms with E-state index in [0.717, 1.165) is 38.6 Å². The number of ether oxygens (including phenoxy) is 2. The van der Waals surface area contributed by atoms with Crippen molar-refractivity contribution in [1.82, 2.24) is 4.90 Å². The number of anilines is 1. The Morgan fingerprint density at radius 2 is 1.61 bits per heavy atom. The SMILES string of the molecule is COc1ccc(NC(=O)CN2C(=O)S/C(=C/c3ccc(OCc4cccc5ccccc45)cc3)C2=O)cc1. The van der Waals surface area contributed by atoms with Crippen molar-refractivity contribution in [1.29, 1.82) is 0 Å². The zero-order chi connectivity index (χ0) is 26.5. The van der Waals surface area contributed by atoms with Gasteiger partial charge in [0, 0.05) is 5.69 Å². The highest BCUT2D eigenvalue weighted by molar-refractivity contribution is 8.18. The van der Waals surface area contributed by atoms with Gasteiger partial charge >= 0.3 is 0 Å². The van der Waals surface area contributed by atoms with Crippen LogP contribution in [-0.2, 0) is 16.2 Å². The van der Waals surface area contributed by atoms with Gasteiger partial charge in [0.15, 0.2) is 0 Å². The van der Waals surface area contributed by atoms with E-state index in [1.165, 1.54) is 0 Å². The zero-order valence-corrected chi connectivity index (χ0v) is 21.4. The molecule has 8 heteroatoms. The lowest BCUT2D eigenvalue weighted by Gasteiger charge is -2.12. The Morgan fingerprint density at radius 3 is 2.37 bits per heavy atom. The van der Waals surface area contributed by atoms with E-state index in [1.54, 1.807) is 37.5 Å². The number of nitrogens with one attached hydrogen (secondary N) is 1. The maximum Gasteiger partial charge on any atom is 0.294 e. The Kier molecular flexibility index (Phi) is 7.42. The summed E-state index contributed by atoms with van der Waals surface area (Å²) in [5.41, 5.74) is 2.38. The van der Waals surface area contributed by atoms with Crippen LogP contribution in [0.5, 0.6) is 11.5 Å². The maximum absolute atomic E-state index is 12.8. The number of hydrogen-bond acceptors (Lipinski definition) is 6. The quantitative estimate of drug-likeness (QED) is 0.280. The summed E-state index contributed by atoms with van der Waals surface area (Å²) in [5, 5.41) is 4.51. The molecule has 0 radical (unpaired) electrons. The van der Waals surface area contributed by atoms with E-state index in [1.807, 2.05) is 48.5 Å². The molecule has 1 aliphatic rings. The molecule has 1 fully saturated rings. The number of imide groups is 1. The number of carbonyl (C=O) groups excluding carboxylic acids is 3. The normalized spacial score (nSPS) is 14.2. The first-order valence-electron chi connectivity index (χ1n) is 11.9. The second kappa shape index (κ2) is 11.2. The zero-order valence-electron chi connectivity index (χ0n) is 20.5. The fourth-order valence-electron chi connectivity index (χ4n) is 4.05. The molecule has 0 saturated carbocycles. The highest BCUT2D eigenvalue weighted by Gasteiger charge is 2.36. The molecule has 0 aromatic heterocycles. The number of benzene rings is 4. The molecular weight excluding hydrogens is 500 g/mol. The van der Waals surface area contributed by atoms with Gasteiger partial charge in [-0.15, -0.1) is 0 Å². The van der Waals surface area contributed by atoms with Crippen molar-refractivity contribution >= 4 is 51.4 Å². The molecule has 4 aromatic rings. The molecule has 0 bridgehead atoms. The van der Waals surface area contributed by atoms with Gasteiger partial charge in [-0.25, -0.2) is 0 Å². The third-order valence-corrected chi connectivity index (χ3v) is 6.91.